The van der Waals surface area contributed by atoms with E-state index in [1.54, 1.807) is 22.7 Å². The number of aryl methyl sites for hydroxylation is 1. The SMILES string of the molecule is Cc1nc(N2CCN(C(C)c3nccs3)CC2)c2c(CC(C)C)csc2n1. The van der Waals surface area contributed by atoms with Gasteiger partial charge in [0.2, 0.25) is 0 Å². The summed E-state index contributed by atoms with van der Waals surface area (Å²) >= 11 is 3.51. The maximum absolute atomic E-state index is 4.88. The number of hydrogen-bond acceptors (Lipinski definition) is 7. The molecular formula is C20H27N5S2. The molecule has 27 heavy (non-hydrogen) atoms. The van der Waals surface area contributed by atoms with Crippen LogP contribution in [0.4, 0.5) is 5.82 Å². The Hall–Kier alpha value is -1.57. The average Bonchev–Trinajstić information content (AvgIpc) is 3.31. The van der Waals surface area contributed by atoms with Crippen molar-refractivity contribution in [2.75, 3.05) is 31.1 Å². The fourth-order valence-electron chi connectivity index (χ4n) is 3.82. The molecule has 144 valence electrons. The van der Waals surface area contributed by atoms with E-state index in [0.717, 1.165) is 49.1 Å². The van der Waals surface area contributed by atoms with Gasteiger partial charge in [-0.15, -0.1) is 22.7 Å². The summed E-state index contributed by atoms with van der Waals surface area (Å²) in [5, 5.41) is 6.83. The highest BCUT2D eigenvalue weighted by atomic mass is 32.1. The number of piperazine rings is 1. The van der Waals surface area contributed by atoms with Crippen LogP contribution in [0.25, 0.3) is 10.2 Å². The summed E-state index contributed by atoms with van der Waals surface area (Å²) < 4.78 is 0. The highest BCUT2D eigenvalue weighted by molar-refractivity contribution is 7.17. The molecule has 1 aliphatic rings. The molecule has 1 saturated heterocycles. The summed E-state index contributed by atoms with van der Waals surface area (Å²) in [7, 11) is 0. The molecule has 0 bridgehead atoms. The summed E-state index contributed by atoms with van der Waals surface area (Å²) in [5.41, 5.74) is 1.40. The Balaban J connectivity index is 1.57. The third-order valence-corrected chi connectivity index (χ3v) is 7.07. The van der Waals surface area contributed by atoms with Gasteiger partial charge in [-0.3, -0.25) is 4.90 Å². The summed E-state index contributed by atoms with van der Waals surface area (Å²) in [5.74, 6) is 2.64. The van der Waals surface area contributed by atoms with E-state index in [-0.39, 0.29) is 0 Å². The number of nitrogens with zero attached hydrogens (tertiary/aromatic N) is 5. The van der Waals surface area contributed by atoms with Gasteiger partial charge in [-0.25, -0.2) is 15.0 Å². The van der Waals surface area contributed by atoms with Crippen LogP contribution in [0.2, 0.25) is 0 Å². The zero-order valence-corrected chi connectivity index (χ0v) is 18.1. The minimum Gasteiger partial charge on any atom is -0.353 e. The highest BCUT2D eigenvalue weighted by Crippen LogP contribution is 2.34. The maximum Gasteiger partial charge on any atom is 0.141 e. The van der Waals surface area contributed by atoms with Crippen LogP contribution in [-0.2, 0) is 6.42 Å². The normalized spacial score (nSPS) is 17.1. The summed E-state index contributed by atoms with van der Waals surface area (Å²) in [6.07, 6.45) is 2.99. The van der Waals surface area contributed by atoms with E-state index in [9.17, 15) is 0 Å². The van der Waals surface area contributed by atoms with Crippen molar-refractivity contribution >= 4 is 38.7 Å². The first-order valence-electron chi connectivity index (χ1n) is 9.66. The zero-order valence-electron chi connectivity index (χ0n) is 16.5. The van der Waals surface area contributed by atoms with Gasteiger partial charge in [-0.1, -0.05) is 13.8 Å². The Kier molecular flexibility index (Phi) is 5.43. The van der Waals surface area contributed by atoms with E-state index in [1.807, 2.05) is 13.1 Å². The summed E-state index contributed by atoms with van der Waals surface area (Å²) in [6.45, 7) is 12.9. The van der Waals surface area contributed by atoms with Crippen LogP contribution < -0.4 is 4.90 Å². The lowest BCUT2D eigenvalue weighted by atomic mass is 10.0. The number of anilines is 1. The molecule has 0 saturated carbocycles. The second-order valence-corrected chi connectivity index (χ2v) is 9.49. The Morgan fingerprint density at radius 2 is 1.85 bits per heavy atom. The second kappa shape index (κ2) is 7.81. The molecular weight excluding hydrogens is 374 g/mol. The van der Waals surface area contributed by atoms with Crippen molar-refractivity contribution in [3.8, 4) is 0 Å². The van der Waals surface area contributed by atoms with Gasteiger partial charge >= 0.3 is 0 Å². The first kappa shape index (κ1) is 18.8. The van der Waals surface area contributed by atoms with Crippen molar-refractivity contribution in [2.45, 2.75) is 40.2 Å². The lowest BCUT2D eigenvalue weighted by Gasteiger charge is -2.38. The zero-order chi connectivity index (χ0) is 19.0. The Labute approximate surface area is 169 Å². The number of rotatable bonds is 5. The minimum atomic E-state index is 0.386. The van der Waals surface area contributed by atoms with Crippen molar-refractivity contribution in [1.82, 2.24) is 19.9 Å². The molecule has 0 aromatic carbocycles. The number of hydrogen-bond donors (Lipinski definition) is 0. The van der Waals surface area contributed by atoms with Gasteiger partial charge in [-0.2, -0.15) is 0 Å². The predicted octanol–water partition coefficient (Wildman–Crippen LogP) is 4.54. The van der Waals surface area contributed by atoms with Crippen molar-refractivity contribution in [1.29, 1.82) is 0 Å². The molecule has 4 rings (SSSR count). The molecule has 1 atom stereocenters. The molecule has 0 N–H and O–H groups in total. The molecule has 3 aromatic heterocycles. The first-order valence-corrected chi connectivity index (χ1v) is 11.4. The van der Waals surface area contributed by atoms with Crippen LogP contribution in [-0.4, -0.2) is 46.0 Å². The third kappa shape index (κ3) is 3.86. The molecule has 1 fully saturated rings. The highest BCUT2D eigenvalue weighted by Gasteiger charge is 2.26. The topological polar surface area (TPSA) is 45.2 Å². The average molecular weight is 402 g/mol. The molecule has 0 aliphatic carbocycles. The fraction of sp³-hybridized carbons (Fsp3) is 0.550. The number of thiazole rings is 1. The molecule has 0 spiro atoms. The smallest absolute Gasteiger partial charge is 0.141 e. The van der Waals surface area contributed by atoms with Gasteiger partial charge in [0.1, 0.15) is 21.5 Å². The Morgan fingerprint density at radius 3 is 2.52 bits per heavy atom. The van der Waals surface area contributed by atoms with Gasteiger partial charge in [0.25, 0.3) is 0 Å². The van der Waals surface area contributed by atoms with Gasteiger partial charge < -0.3 is 4.90 Å². The van der Waals surface area contributed by atoms with E-state index in [1.165, 1.54) is 16.0 Å². The van der Waals surface area contributed by atoms with E-state index < -0.39 is 0 Å². The fourth-order valence-corrected chi connectivity index (χ4v) is 5.54. The summed E-state index contributed by atoms with van der Waals surface area (Å²) in [6, 6.07) is 0.386. The number of thiophene rings is 1. The number of fused-ring (bicyclic) bond motifs is 1. The monoisotopic (exact) mass is 401 g/mol. The van der Waals surface area contributed by atoms with Gasteiger partial charge in [0.15, 0.2) is 0 Å². The van der Waals surface area contributed by atoms with Crippen LogP contribution in [0, 0.1) is 12.8 Å². The van der Waals surface area contributed by atoms with Gasteiger partial charge in [0.05, 0.1) is 11.4 Å². The first-order chi connectivity index (χ1) is 13.0. The molecule has 3 aromatic rings. The minimum absolute atomic E-state index is 0.386. The van der Waals surface area contributed by atoms with Crippen molar-refractivity contribution in [3.05, 3.63) is 33.4 Å². The second-order valence-electron chi connectivity index (χ2n) is 7.70. The van der Waals surface area contributed by atoms with Crippen LogP contribution in [0.3, 0.4) is 0 Å². The maximum atomic E-state index is 4.88. The van der Waals surface area contributed by atoms with Crippen molar-refractivity contribution in [3.63, 3.8) is 0 Å². The van der Waals surface area contributed by atoms with Crippen LogP contribution in [0.5, 0.6) is 0 Å². The van der Waals surface area contributed by atoms with Gasteiger partial charge in [0, 0.05) is 37.8 Å². The quantitative estimate of drug-likeness (QED) is 0.628. The largest absolute Gasteiger partial charge is 0.353 e. The van der Waals surface area contributed by atoms with E-state index >= 15 is 0 Å². The lowest BCUT2D eigenvalue weighted by molar-refractivity contribution is 0.198. The standard InChI is InChI=1S/C20H27N5S2/c1-13(2)11-16-12-27-20-17(16)18(22-15(4)23-20)25-8-6-24(7-9-25)14(3)19-21-5-10-26-19/h5,10,12-14H,6-9,11H2,1-4H3. The molecule has 7 heteroatoms. The molecule has 4 heterocycles. The van der Waals surface area contributed by atoms with Crippen LogP contribution >= 0.6 is 22.7 Å². The molecule has 0 amide bonds. The molecule has 1 unspecified atom stereocenters. The summed E-state index contributed by atoms with van der Waals surface area (Å²) in [4.78, 5) is 20.2. The van der Waals surface area contributed by atoms with Gasteiger partial charge in [-0.05, 0) is 37.1 Å². The molecule has 1 aliphatic heterocycles. The number of aromatic nitrogens is 3. The van der Waals surface area contributed by atoms with Crippen LogP contribution in [0.1, 0.15) is 43.2 Å². The molecule has 5 nitrogen and oxygen atoms in total. The predicted molar refractivity (Wildman–Crippen MR) is 115 cm³/mol. The van der Waals surface area contributed by atoms with Crippen LogP contribution in [0.15, 0.2) is 17.0 Å². The molecule has 0 radical (unpaired) electrons. The van der Waals surface area contributed by atoms with Crippen molar-refractivity contribution < 1.29 is 0 Å². The Morgan fingerprint density at radius 1 is 1.07 bits per heavy atom. The van der Waals surface area contributed by atoms with E-state index in [2.05, 4.69) is 46.3 Å². The van der Waals surface area contributed by atoms with Crippen molar-refractivity contribution in [2.24, 2.45) is 5.92 Å². The third-order valence-electron chi connectivity index (χ3n) is 5.20. The lowest BCUT2D eigenvalue weighted by Crippen LogP contribution is -2.47. The Bertz CT molecular complexity index is 895. The van der Waals surface area contributed by atoms with E-state index in [4.69, 9.17) is 9.97 Å². The van der Waals surface area contributed by atoms with E-state index in [0.29, 0.717) is 12.0 Å².